The van der Waals surface area contributed by atoms with Gasteiger partial charge in [-0.2, -0.15) is 0 Å². The summed E-state index contributed by atoms with van der Waals surface area (Å²) in [6.45, 7) is 1.79. The van der Waals surface area contributed by atoms with Gasteiger partial charge in [-0.05, 0) is 87.8 Å². The largest absolute Gasteiger partial charge is 0.480 e. The monoisotopic (exact) mass is 694 g/mol. The minimum Gasteiger partial charge on any atom is -0.480 e. The molecule has 6 aromatic rings. The number of hydrogen-bond donors (Lipinski definition) is 3. The average molecular weight is 695 g/mol. The molecular formula is C43H39ClN4O3. The summed E-state index contributed by atoms with van der Waals surface area (Å²) in [5.41, 5.74) is 12.7. The Bertz CT molecular complexity index is 2180. The molecule has 256 valence electrons. The fraction of sp³-hybridized carbons (Fsp3) is 0.186. The van der Waals surface area contributed by atoms with Crippen molar-refractivity contribution in [3.8, 4) is 11.1 Å². The number of carboxylic acids is 1. The molecule has 1 aliphatic heterocycles. The molecule has 7 rings (SSSR count). The van der Waals surface area contributed by atoms with Gasteiger partial charge >= 0.3 is 5.97 Å². The summed E-state index contributed by atoms with van der Waals surface area (Å²) in [5.74, 6) is -1.22. The number of rotatable bonds is 11. The van der Waals surface area contributed by atoms with E-state index < -0.39 is 12.0 Å². The van der Waals surface area contributed by atoms with Gasteiger partial charge in [0.1, 0.15) is 6.04 Å². The van der Waals surface area contributed by atoms with Gasteiger partial charge in [0.2, 0.25) is 5.91 Å². The standard InChI is InChI=1S/C43H39ClN4O3/c44-33-21-22-37(36(24-33)42(30-12-2-1-3-13-30)47-38(43(50)51)16-8-9-23-45)46-39(49)27-48-25-31-19-17-28-10-4-6-14-34(28)40(31)41-32(26-48)20-18-29-11-5-7-15-35(29)41/h1-7,10-15,17-22,24,38H,8-9,16,23,25-27,45H2,(H,46,49)(H,50,51)/t38-/m0/s1. The van der Waals surface area contributed by atoms with E-state index in [2.05, 4.69) is 83.0 Å². The maximum atomic E-state index is 14.0. The van der Waals surface area contributed by atoms with Crippen molar-refractivity contribution in [1.82, 2.24) is 4.90 Å². The third-order valence-corrected chi connectivity index (χ3v) is 9.73. The molecule has 1 amide bonds. The molecule has 0 spiro atoms. The summed E-state index contributed by atoms with van der Waals surface area (Å²) < 4.78 is 0. The number of hydrogen-bond acceptors (Lipinski definition) is 5. The SMILES string of the molecule is NCCCC[C@H](N=C(c1ccccc1)c1cc(Cl)ccc1NC(=O)CN1Cc2ccc3ccccc3c2-c2c(ccc3ccccc23)C1)C(=O)O. The summed E-state index contributed by atoms with van der Waals surface area (Å²) in [6.07, 6.45) is 1.68. The number of anilines is 1. The molecule has 0 radical (unpaired) electrons. The van der Waals surface area contributed by atoms with Crippen LogP contribution in [0.25, 0.3) is 32.7 Å². The molecule has 0 saturated heterocycles. The average Bonchev–Trinajstić information content (AvgIpc) is 3.30. The highest BCUT2D eigenvalue weighted by Crippen LogP contribution is 2.42. The van der Waals surface area contributed by atoms with Crippen LogP contribution < -0.4 is 11.1 Å². The number of amides is 1. The second-order valence-corrected chi connectivity index (χ2v) is 13.4. The van der Waals surface area contributed by atoms with E-state index in [1.807, 2.05) is 30.3 Å². The molecule has 4 N–H and O–H groups in total. The molecule has 1 heterocycles. The maximum absolute atomic E-state index is 14.0. The van der Waals surface area contributed by atoms with Gasteiger partial charge in [-0.1, -0.05) is 115 Å². The number of fused-ring (bicyclic) bond motifs is 7. The fourth-order valence-corrected chi connectivity index (χ4v) is 7.30. The second-order valence-electron chi connectivity index (χ2n) is 13.0. The Balaban J connectivity index is 1.23. The van der Waals surface area contributed by atoms with Crippen molar-refractivity contribution < 1.29 is 14.7 Å². The van der Waals surface area contributed by atoms with E-state index in [1.54, 1.807) is 18.2 Å². The van der Waals surface area contributed by atoms with Crippen molar-refractivity contribution in [2.75, 3.05) is 18.4 Å². The van der Waals surface area contributed by atoms with Gasteiger partial charge in [-0.25, -0.2) is 4.79 Å². The number of nitrogens with one attached hydrogen (secondary N) is 1. The Morgan fingerprint density at radius 3 is 2.00 bits per heavy atom. The number of carboxylic acid groups (broad SMARTS) is 1. The van der Waals surface area contributed by atoms with Crippen LogP contribution in [0.4, 0.5) is 5.69 Å². The lowest BCUT2D eigenvalue weighted by Crippen LogP contribution is -2.32. The van der Waals surface area contributed by atoms with Crippen LogP contribution in [-0.4, -0.2) is 46.7 Å². The predicted octanol–water partition coefficient (Wildman–Crippen LogP) is 8.69. The molecule has 7 nitrogen and oxygen atoms in total. The Morgan fingerprint density at radius 2 is 1.39 bits per heavy atom. The molecule has 1 atom stereocenters. The summed E-state index contributed by atoms with van der Waals surface area (Å²) in [4.78, 5) is 33.3. The number of unbranched alkanes of at least 4 members (excludes halogenated alkanes) is 1. The van der Waals surface area contributed by atoms with Crippen LogP contribution in [-0.2, 0) is 22.7 Å². The van der Waals surface area contributed by atoms with E-state index in [4.69, 9.17) is 22.3 Å². The van der Waals surface area contributed by atoms with Crippen molar-refractivity contribution in [1.29, 1.82) is 0 Å². The number of benzene rings is 6. The highest BCUT2D eigenvalue weighted by atomic mass is 35.5. The zero-order valence-corrected chi connectivity index (χ0v) is 28.9. The zero-order chi connectivity index (χ0) is 35.3. The number of carbonyl (C=O) groups excluding carboxylic acids is 1. The van der Waals surface area contributed by atoms with Crippen LogP contribution >= 0.6 is 11.6 Å². The molecule has 8 heteroatoms. The Hall–Kier alpha value is -5.34. The van der Waals surface area contributed by atoms with Gasteiger partial charge in [-0.15, -0.1) is 0 Å². The van der Waals surface area contributed by atoms with Gasteiger partial charge in [0.05, 0.1) is 17.9 Å². The molecule has 0 bridgehead atoms. The number of halogens is 1. The first-order valence-corrected chi connectivity index (χ1v) is 17.7. The minimum absolute atomic E-state index is 0.134. The normalized spacial score (nSPS) is 13.7. The van der Waals surface area contributed by atoms with E-state index in [-0.39, 0.29) is 12.5 Å². The summed E-state index contributed by atoms with van der Waals surface area (Å²) in [7, 11) is 0. The lowest BCUT2D eigenvalue weighted by Gasteiger charge is -2.22. The smallest absolute Gasteiger partial charge is 0.328 e. The molecule has 6 aromatic carbocycles. The van der Waals surface area contributed by atoms with Crippen molar-refractivity contribution in [2.24, 2.45) is 10.7 Å². The first-order valence-electron chi connectivity index (χ1n) is 17.3. The molecular weight excluding hydrogens is 656 g/mol. The number of carbonyl (C=O) groups is 2. The zero-order valence-electron chi connectivity index (χ0n) is 28.2. The van der Waals surface area contributed by atoms with Gasteiger partial charge < -0.3 is 16.2 Å². The molecule has 1 aliphatic rings. The maximum Gasteiger partial charge on any atom is 0.328 e. The third kappa shape index (κ3) is 7.42. The Labute approximate surface area is 302 Å². The van der Waals surface area contributed by atoms with Crippen LogP contribution in [0.5, 0.6) is 0 Å². The van der Waals surface area contributed by atoms with Gasteiger partial charge in [0.15, 0.2) is 0 Å². The van der Waals surface area contributed by atoms with Gasteiger partial charge in [0, 0.05) is 29.2 Å². The summed E-state index contributed by atoms with van der Waals surface area (Å²) in [5, 5.41) is 18.4. The Morgan fingerprint density at radius 1 is 0.784 bits per heavy atom. The number of nitrogens with zero attached hydrogens (tertiary/aromatic N) is 2. The lowest BCUT2D eigenvalue weighted by molar-refractivity contribution is -0.138. The third-order valence-electron chi connectivity index (χ3n) is 9.50. The molecule has 0 fully saturated rings. The van der Waals surface area contributed by atoms with E-state index in [1.165, 1.54) is 32.7 Å². The van der Waals surface area contributed by atoms with E-state index >= 15 is 0 Å². The molecule has 0 unspecified atom stereocenters. The number of nitrogens with two attached hydrogens (primary N) is 1. The number of aliphatic imine (C=N–C) groups is 1. The minimum atomic E-state index is -1.02. The van der Waals surface area contributed by atoms with Crippen LogP contribution in [0.15, 0.2) is 126 Å². The summed E-state index contributed by atoms with van der Waals surface area (Å²) >= 11 is 6.53. The van der Waals surface area contributed by atoms with E-state index in [9.17, 15) is 14.7 Å². The highest BCUT2D eigenvalue weighted by Gasteiger charge is 2.26. The van der Waals surface area contributed by atoms with Crippen molar-refractivity contribution in [3.05, 3.63) is 149 Å². The molecule has 0 aliphatic carbocycles. The van der Waals surface area contributed by atoms with Crippen molar-refractivity contribution >= 4 is 56.4 Å². The van der Waals surface area contributed by atoms with Crippen molar-refractivity contribution in [2.45, 2.75) is 38.4 Å². The molecule has 0 saturated carbocycles. The first kappa shape index (κ1) is 34.1. The molecule has 51 heavy (non-hydrogen) atoms. The highest BCUT2D eigenvalue weighted by molar-refractivity contribution is 6.31. The van der Waals surface area contributed by atoms with E-state index in [0.29, 0.717) is 60.9 Å². The van der Waals surface area contributed by atoms with Crippen LogP contribution in [0.3, 0.4) is 0 Å². The van der Waals surface area contributed by atoms with Crippen LogP contribution in [0.1, 0.15) is 41.5 Å². The Kier molecular flexibility index (Phi) is 10.2. The van der Waals surface area contributed by atoms with Crippen molar-refractivity contribution in [3.63, 3.8) is 0 Å². The topological polar surface area (TPSA) is 108 Å². The quantitative estimate of drug-likeness (QED) is 0.0929. The summed E-state index contributed by atoms with van der Waals surface area (Å²) in [6, 6.07) is 39.3. The number of aliphatic carboxylic acids is 1. The van der Waals surface area contributed by atoms with Gasteiger partial charge in [-0.3, -0.25) is 14.7 Å². The lowest BCUT2D eigenvalue weighted by atomic mass is 9.88. The van der Waals surface area contributed by atoms with Crippen LogP contribution in [0.2, 0.25) is 5.02 Å². The van der Waals surface area contributed by atoms with E-state index in [0.717, 1.165) is 16.7 Å². The fourth-order valence-electron chi connectivity index (χ4n) is 7.13. The first-order chi connectivity index (χ1) is 24.9. The molecule has 0 aromatic heterocycles. The second kappa shape index (κ2) is 15.3. The van der Waals surface area contributed by atoms with Crippen LogP contribution in [0, 0.1) is 0 Å². The van der Waals surface area contributed by atoms with Gasteiger partial charge in [0.25, 0.3) is 0 Å². The predicted molar refractivity (Wildman–Crippen MR) is 207 cm³/mol.